The van der Waals surface area contributed by atoms with Crippen LogP contribution in [0.15, 0.2) is 22.1 Å². The largest absolute Gasteiger partial charge is 0.370 e. The van der Waals surface area contributed by atoms with Crippen molar-refractivity contribution in [2.75, 3.05) is 6.54 Å². The summed E-state index contributed by atoms with van der Waals surface area (Å²) in [5.41, 5.74) is 15.7. The highest BCUT2D eigenvalue weighted by molar-refractivity contribution is 5.92. The molecule has 1 aliphatic carbocycles. The van der Waals surface area contributed by atoms with Crippen molar-refractivity contribution < 1.29 is 0 Å². The van der Waals surface area contributed by atoms with Crippen molar-refractivity contribution in [2.45, 2.75) is 12.8 Å². The molecule has 0 saturated carbocycles. The first kappa shape index (κ1) is 12.8. The van der Waals surface area contributed by atoms with E-state index in [-0.39, 0.29) is 24.3 Å². The summed E-state index contributed by atoms with van der Waals surface area (Å²) in [5.74, 6) is 0.594. The van der Waals surface area contributed by atoms with Gasteiger partial charge in [0.15, 0.2) is 5.96 Å². The van der Waals surface area contributed by atoms with Gasteiger partial charge in [-0.1, -0.05) is 12.2 Å². The predicted molar refractivity (Wildman–Crippen MR) is 61.4 cm³/mol. The van der Waals surface area contributed by atoms with Crippen LogP contribution in [0.2, 0.25) is 0 Å². The van der Waals surface area contributed by atoms with Crippen molar-refractivity contribution >= 4 is 24.3 Å². The quantitative estimate of drug-likeness (QED) is 0.344. The summed E-state index contributed by atoms with van der Waals surface area (Å²) in [6.07, 6.45) is 6.56. The lowest BCUT2D eigenvalue weighted by Crippen LogP contribution is -2.26. The summed E-state index contributed by atoms with van der Waals surface area (Å²) in [4.78, 5) is 7.66. The van der Waals surface area contributed by atoms with E-state index in [9.17, 15) is 0 Å². The molecule has 1 atom stereocenters. The van der Waals surface area contributed by atoms with Crippen LogP contribution in [0.3, 0.4) is 0 Å². The maximum atomic E-state index is 5.43. The molecular formula is C8H16ClN5. The normalized spacial score (nSPS) is 20.3. The van der Waals surface area contributed by atoms with Crippen molar-refractivity contribution in [1.29, 1.82) is 0 Å². The number of rotatable bonds is 2. The number of halogens is 1. The number of guanidine groups is 2. The molecule has 0 spiro atoms. The summed E-state index contributed by atoms with van der Waals surface area (Å²) >= 11 is 0. The highest BCUT2D eigenvalue weighted by atomic mass is 35.5. The van der Waals surface area contributed by atoms with Crippen LogP contribution in [0.4, 0.5) is 0 Å². The molecule has 1 aliphatic rings. The standard InChI is InChI=1S/C8H15N5.ClH/c9-7(10)13-8(11)12-5-6-3-1-2-4-6;/h1,3,6H,2,4-5H2,(H6,9,10,11,12,13);1H. The second-order valence-electron chi connectivity index (χ2n) is 3.00. The predicted octanol–water partition coefficient (Wildman–Crippen LogP) is -0.0375. The van der Waals surface area contributed by atoms with Gasteiger partial charge >= 0.3 is 0 Å². The summed E-state index contributed by atoms with van der Waals surface area (Å²) in [6.45, 7) is 0.666. The molecule has 0 amide bonds. The molecule has 0 saturated heterocycles. The molecular weight excluding hydrogens is 202 g/mol. The van der Waals surface area contributed by atoms with Crippen molar-refractivity contribution in [3.05, 3.63) is 12.2 Å². The van der Waals surface area contributed by atoms with Crippen LogP contribution in [-0.4, -0.2) is 18.5 Å². The highest BCUT2D eigenvalue weighted by Crippen LogP contribution is 2.16. The zero-order chi connectivity index (χ0) is 9.68. The number of nitrogens with zero attached hydrogens (tertiary/aromatic N) is 2. The number of hydrogen-bond donors (Lipinski definition) is 3. The van der Waals surface area contributed by atoms with Gasteiger partial charge in [0.25, 0.3) is 0 Å². The fourth-order valence-corrected chi connectivity index (χ4v) is 1.23. The summed E-state index contributed by atoms with van der Waals surface area (Å²) in [5, 5.41) is 0. The second kappa shape index (κ2) is 6.26. The van der Waals surface area contributed by atoms with E-state index < -0.39 is 0 Å². The van der Waals surface area contributed by atoms with Crippen LogP contribution in [0.25, 0.3) is 0 Å². The zero-order valence-electron chi connectivity index (χ0n) is 7.89. The van der Waals surface area contributed by atoms with Gasteiger partial charge in [0, 0.05) is 6.54 Å². The van der Waals surface area contributed by atoms with Crippen LogP contribution in [-0.2, 0) is 0 Å². The van der Waals surface area contributed by atoms with Gasteiger partial charge in [0.05, 0.1) is 0 Å². The van der Waals surface area contributed by atoms with Crippen LogP contribution >= 0.6 is 12.4 Å². The van der Waals surface area contributed by atoms with Crippen molar-refractivity contribution in [3.63, 3.8) is 0 Å². The third kappa shape index (κ3) is 4.71. The van der Waals surface area contributed by atoms with Crippen molar-refractivity contribution in [2.24, 2.45) is 33.1 Å². The fraction of sp³-hybridized carbons (Fsp3) is 0.500. The summed E-state index contributed by atoms with van der Waals surface area (Å²) in [6, 6.07) is 0. The third-order valence-electron chi connectivity index (χ3n) is 1.84. The van der Waals surface area contributed by atoms with E-state index >= 15 is 0 Å². The molecule has 1 unspecified atom stereocenters. The molecule has 6 heteroatoms. The Morgan fingerprint density at radius 1 is 1.36 bits per heavy atom. The first-order valence-corrected chi connectivity index (χ1v) is 4.24. The maximum Gasteiger partial charge on any atom is 0.218 e. The Morgan fingerprint density at radius 2 is 2.07 bits per heavy atom. The Kier molecular flexibility index (Phi) is 5.71. The number of aliphatic imine (C=N–C) groups is 2. The molecule has 0 aromatic carbocycles. The molecule has 80 valence electrons. The molecule has 6 N–H and O–H groups in total. The Morgan fingerprint density at radius 3 is 2.57 bits per heavy atom. The van der Waals surface area contributed by atoms with Gasteiger partial charge in [0.1, 0.15) is 0 Å². The van der Waals surface area contributed by atoms with Crippen LogP contribution in [0, 0.1) is 5.92 Å². The zero-order valence-corrected chi connectivity index (χ0v) is 8.70. The summed E-state index contributed by atoms with van der Waals surface area (Å²) in [7, 11) is 0. The monoisotopic (exact) mass is 217 g/mol. The minimum atomic E-state index is -0.0526. The Hall–Kier alpha value is -1.23. The second-order valence-corrected chi connectivity index (χ2v) is 3.00. The first-order valence-electron chi connectivity index (χ1n) is 4.24. The van der Waals surface area contributed by atoms with Gasteiger partial charge < -0.3 is 17.2 Å². The smallest absolute Gasteiger partial charge is 0.218 e. The van der Waals surface area contributed by atoms with E-state index in [0.717, 1.165) is 12.8 Å². The van der Waals surface area contributed by atoms with E-state index in [2.05, 4.69) is 22.1 Å². The van der Waals surface area contributed by atoms with E-state index in [1.165, 1.54) is 0 Å². The molecule has 0 heterocycles. The van der Waals surface area contributed by atoms with Gasteiger partial charge in [-0.15, -0.1) is 12.4 Å². The van der Waals surface area contributed by atoms with E-state index in [0.29, 0.717) is 12.5 Å². The third-order valence-corrected chi connectivity index (χ3v) is 1.84. The minimum Gasteiger partial charge on any atom is -0.370 e. The molecule has 0 radical (unpaired) electrons. The number of hydrogen-bond acceptors (Lipinski definition) is 1. The van der Waals surface area contributed by atoms with Gasteiger partial charge in [-0.3, -0.25) is 4.99 Å². The lowest BCUT2D eigenvalue weighted by molar-refractivity contribution is 0.645. The van der Waals surface area contributed by atoms with E-state index in [1.54, 1.807) is 0 Å². The molecule has 0 aliphatic heterocycles. The molecule has 0 fully saturated rings. The first-order chi connectivity index (χ1) is 6.18. The highest BCUT2D eigenvalue weighted by Gasteiger charge is 2.07. The number of nitrogens with two attached hydrogens (primary N) is 3. The summed E-state index contributed by atoms with van der Waals surface area (Å²) < 4.78 is 0. The van der Waals surface area contributed by atoms with Crippen molar-refractivity contribution in [3.8, 4) is 0 Å². The Bertz CT molecular complexity index is 254. The minimum absolute atomic E-state index is 0. The van der Waals surface area contributed by atoms with Crippen LogP contribution < -0.4 is 17.2 Å². The molecule has 5 nitrogen and oxygen atoms in total. The number of allylic oxidation sites excluding steroid dienone is 1. The average molecular weight is 218 g/mol. The molecule has 0 bridgehead atoms. The molecule has 1 rings (SSSR count). The van der Waals surface area contributed by atoms with Gasteiger partial charge in [-0.25, -0.2) is 0 Å². The Labute approximate surface area is 89.6 Å². The van der Waals surface area contributed by atoms with Gasteiger partial charge in [0.2, 0.25) is 5.96 Å². The van der Waals surface area contributed by atoms with Crippen LogP contribution in [0.1, 0.15) is 12.8 Å². The SMILES string of the molecule is Cl.NC(N)=NC(N)=NCC1C=CCC1. The van der Waals surface area contributed by atoms with Gasteiger partial charge in [-0.05, 0) is 18.8 Å². The molecule has 0 aromatic heterocycles. The van der Waals surface area contributed by atoms with E-state index in [4.69, 9.17) is 17.2 Å². The lowest BCUT2D eigenvalue weighted by atomic mass is 10.1. The van der Waals surface area contributed by atoms with Crippen molar-refractivity contribution in [1.82, 2.24) is 0 Å². The molecule has 14 heavy (non-hydrogen) atoms. The lowest BCUT2D eigenvalue weighted by Gasteiger charge is -2.01. The van der Waals surface area contributed by atoms with E-state index in [1.807, 2.05) is 0 Å². The maximum absolute atomic E-state index is 5.43. The average Bonchev–Trinajstić information content (AvgIpc) is 2.51. The topological polar surface area (TPSA) is 103 Å². The Balaban J connectivity index is 0.00000169. The molecule has 0 aromatic rings. The fourth-order valence-electron chi connectivity index (χ4n) is 1.23. The van der Waals surface area contributed by atoms with Crippen LogP contribution in [0.5, 0.6) is 0 Å². The van der Waals surface area contributed by atoms with Gasteiger partial charge in [-0.2, -0.15) is 4.99 Å².